The lowest BCUT2D eigenvalue weighted by Crippen LogP contribution is -2.24. The molecular formula is C11H12FN5O3. The number of aromatic nitrogens is 4. The van der Waals surface area contributed by atoms with Crippen molar-refractivity contribution >= 4 is 23.0 Å². The molecule has 3 rings (SSSR count). The van der Waals surface area contributed by atoms with Crippen LogP contribution in [0.25, 0.3) is 11.2 Å². The van der Waals surface area contributed by atoms with Crippen LogP contribution in [-0.4, -0.2) is 43.4 Å². The maximum Gasteiger partial charge on any atom is 0.307 e. The van der Waals surface area contributed by atoms with E-state index in [1.807, 2.05) is 0 Å². The Bertz CT molecular complexity index is 661. The van der Waals surface area contributed by atoms with E-state index >= 15 is 0 Å². The molecule has 3 heterocycles. The van der Waals surface area contributed by atoms with Crippen LogP contribution in [0.1, 0.15) is 12.6 Å². The molecule has 1 aliphatic rings. The lowest BCUT2D eigenvalue weighted by atomic mass is 10.0. The number of ether oxygens (including phenoxy) is 1. The number of aliphatic hydroxyl groups is 1. The number of aliphatic hydroxyl groups excluding tert-OH is 1. The van der Waals surface area contributed by atoms with E-state index in [-0.39, 0.29) is 12.2 Å². The molecule has 1 saturated heterocycles. The second-order valence-corrected chi connectivity index (χ2v) is 4.54. The highest BCUT2D eigenvalue weighted by molar-refractivity contribution is 5.81. The summed E-state index contributed by atoms with van der Waals surface area (Å²) >= 11 is 0. The van der Waals surface area contributed by atoms with Crippen LogP contribution in [0, 0.1) is 5.92 Å². The van der Waals surface area contributed by atoms with Gasteiger partial charge in [0.1, 0.15) is 18.1 Å². The van der Waals surface area contributed by atoms with Gasteiger partial charge in [-0.1, -0.05) is 0 Å². The maximum atomic E-state index is 12.9. The molecule has 0 amide bonds. The Morgan fingerprint density at radius 1 is 1.55 bits per heavy atom. The van der Waals surface area contributed by atoms with Gasteiger partial charge in [0.15, 0.2) is 11.5 Å². The van der Waals surface area contributed by atoms with Crippen LogP contribution < -0.4 is 5.73 Å². The van der Waals surface area contributed by atoms with Gasteiger partial charge in [-0.2, -0.15) is 4.39 Å². The molecule has 106 valence electrons. The molecule has 8 nitrogen and oxygen atoms in total. The molecule has 1 aliphatic heterocycles. The third-order valence-corrected chi connectivity index (χ3v) is 3.41. The average molecular weight is 281 g/mol. The van der Waals surface area contributed by atoms with E-state index in [1.54, 1.807) is 4.57 Å². The Morgan fingerprint density at radius 3 is 3.00 bits per heavy atom. The second-order valence-electron chi connectivity index (χ2n) is 4.54. The van der Waals surface area contributed by atoms with Gasteiger partial charge in [-0.3, -0.25) is 9.36 Å². The number of carbonyl (C=O) groups excluding carboxylic acids is 1. The van der Waals surface area contributed by atoms with Crippen LogP contribution in [0.4, 0.5) is 10.2 Å². The first-order chi connectivity index (χ1) is 9.61. The zero-order valence-corrected chi connectivity index (χ0v) is 10.3. The summed E-state index contributed by atoms with van der Waals surface area (Å²) in [5.41, 5.74) is 6.52. The molecule has 0 bridgehead atoms. The molecule has 0 radical (unpaired) electrons. The molecule has 0 spiro atoms. The Morgan fingerprint density at radius 2 is 2.35 bits per heavy atom. The molecule has 0 unspecified atom stereocenters. The van der Waals surface area contributed by atoms with E-state index in [1.165, 1.54) is 12.7 Å². The number of hydrogen-bond acceptors (Lipinski definition) is 7. The number of anilines is 1. The normalized spacial score (nSPS) is 26.2. The summed E-state index contributed by atoms with van der Waals surface area (Å²) < 4.78 is 20.0. The van der Waals surface area contributed by atoms with Crippen molar-refractivity contribution in [2.24, 2.45) is 5.92 Å². The summed E-state index contributed by atoms with van der Waals surface area (Å²) in [6.45, 7) is -0.430. The van der Waals surface area contributed by atoms with Crippen LogP contribution in [0.5, 0.6) is 0 Å². The van der Waals surface area contributed by atoms with Gasteiger partial charge in [0.25, 0.3) is 0 Å². The highest BCUT2D eigenvalue weighted by Gasteiger charge is 2.41. The zero-order chi connectivity index (χ0) is 14.3. The van der Waals surface area contributed by atoms with Gasteiger partial charge < -0.3 is 15.6 Å². The van der Waals surface area contributed by atoms with E-state index in [0.29, 0.717) is 11.2 Å². The van der Waals surface area contributed by atoms with Gasteiger partial charge in [0.05, 0.1) is 25.0 Å². The predicted octanol–water partition coefficient (Wildman–Crippen LogP) is -0.199. The van der Waals surface area contributed by atoms with E-state index in [9.17, 15) is 9.18 Å². The summed E-state index contributed by atoms with van der Waals surface area (Å²) in [6, 6.07) is -1.50. The molecule has 3 atom stereocenters. The molecule has 3 N–H and O–H groups in total. The minimum atomic E-state index is -1.50. The van der Waals surface area contributed by atoms with Gasteiger partial charge in [-0.15, -0.1) is 0 Å². The van der Waals surface area contributed by atoms with Crippen LogP contribution in [0.15, 0.2) is 12.7 Å². The van der Waals surface area contributed by atoms with E-state index < -0.39 is 30.9 Å². The first-order valence-corrected chi connectivity index (χ1v) is 6.00. The van der Waals surface area contributed by atoms with Gasteiger partial charge in [0, 0.05) is 6.42 Å². The standard InChI is InChI=1S/C11H12FN5O3/c12-9(19)5-1-7(20-6(5)2-18)17-4-16-8-10(13)14-3-15-11(8)17/h3-7,18H,1-2H2,(H2,13,14,15)/t5-,6+,7+/m0/s1. The van der Waals surface area contributed by atoms with Crippen molar-refractivity contribution in [2.75, 3.05) is 12.3 Å². The third kappa shape index (κ3) is 1.91. The molecule has 2 aromatic rings. The van der Waals surface area contributed by atoms with Crippen molar-refractivity contribution in [1.29, 1.82) is 0 Å². The number of fused-ring (bicyclic) bond motifs is 1. The summed E-state index contributed by atoms with van der Waals surface area (Å²) in [6.07, 6.45) is 1.34. The van der Waals surface area contributed by atoms with E-state index in [4.69, 9.17) is 15.6 Å². The number of nitrogens with two attached hydrogens (primary N) is 1. The predicted molar refractivity (Wildman–Crippen MR) is 65.0 cm³/mol. The van der Waals surface area contributed by atoms with Crippen molar-refractivity contribution in [3.8, 4) is 0 Å². The molecule has 0 aliphatic carbocycles. The van der Waals surface area contributed by atoms with Crippen molar-refractivity contribution in [3.63, 3.8) is 0 Å². The van der Waals surface area contributed by atoms with Crippen molar-refractivity contribution in [2.45, 2.75) is 18.8 Å². The fourth-order valence-electron chi connectivity index (χ4n) is 2.39. The van der Waals surface area contributed by atoms with Gasteiger partial charge in [-0.05, 0) is 0 Å². The Balaban J connectivity index is 1.97. The number of hydrogen-bond donors (Lipinski definition) is 2. The number of imidazole rings is 1. The third-order valence-electron chi connectivity index (χ3n) is 3.41. The van der Waals surface area contributed by atoms with Gasteiger partial charge in [-0.25, -0.2) is 15.0 Å². The number of nitrogen functional groups attached to an aromatic ring is 1. The molecule has 0 saturated carbocycles. The summed E-state index contributed by atoms with van der Waals surface area (Å²) in [7, 11) is 0. The van der Waals surface area contributed by atoms with Crippen LogP contribution >= 0.6 is 0 Å². The number of nitrogens with zero attached hydrogens (tertiary/aromatic N) is 4. The van der Waals surface area contributed by atoms with Gasteiger partial charge >= 0.3 is 6.04 Å². The largest absolute Gasteiger partial charge is 0.394 e. The van der Waals surface area contributed by atoms with Crippen LogP contribution in [0.2, 0.25) is 0 Å². The zero-order valence-electron chi connectivity index (χ0n) is 10.3. The number of carbonyl (C=O) groups is 1. The Kier molecular flexibility index (Phi) is 3.07. The van der Waals surface area contributed by atoms with E-state index in [2.05, 4.69) is 15.0 Å². The van der Waals surface area contributed by atoms with E-state index in [0.717, 1.165) is 0 Å². The summed E-state index contributed by atoms with van der Waals surface area (Å²) in [4.78, 5) is 22.9. The molecule has 1 fully saturated rings. The van der Waals surface area contributed by atoms with Crippen molar-refractivity contribution < 1.29 is 19.0 Å². The lowest BCUT2D eigenvalue weighted by molar-refractivity contribution is -0.136. The molecular weight excluding hydrogens is 269 g/mol. The Labute approximate surface area is 112 Å². The van der Waals surface area contributed by atoms with Crippen LogP contribution in [0.3, 0.4) is 0 Å². The summed E-state index contributed by atoms with van der Waals surface area (Å²) in [5.74, 6) is -0.759. The fourth-order valence-corrected chi connectivity index (χ4v) is 2.39. The second kappa shape index (κ2) is 4.76. The quantitative estimate of drug-likeness (QED) is 0.748. The monoisotopic (exact) mass is 281 g/mol. The summed E-state index contributed by atoms with van der Waals surface area (Å²) in [5, 5.41) is 9.14. The number of halogens is 1. The lowest BCUT2D eigenvalue weighted by Gasteiger charge is -2.13. The first-order valence-electron chi connectivity index (χ1n) is 6.00. The molecule has 20 heavy (non-hydrogen) atoms. The van der Waals surface area contributed by atoms with Gasteiger partial charge in [0.2, 0.25) is 0 Å². The van der Waals surface area contributed by atoms with Crippen molar-refractivity contribution in [1.82, 2.24) is 19.5 Å². The minimum Gasteiger partial charge on any atom is -0.394 e. The van der Waals surface area contributed by atoms with Crippen LogP contribution in [-0.2, 0) is 9.53 Å². The highest BCUT2D eigenvalue weighted by Crippen LogP contribution is 2.35. The fraction of sp³-hybridized carbons (Fsp3) is 0.455. The topological polar surface area (TPSA) is 116 Å². The SMILES string of the molecule is Nc1ncnc2c1ncn2[C@H]1C[C@H](C(=O)F)[C@@H](CO)O1. The highest BCUT2D eigenvalue weighted by atomic mass is 19.1. The maximum absolute atomic E-state index is 12.9. The molecule has 9 heteroatoms. The van der Waals surface area contributed by atoms with Crippen molar-refractivity contribution in [3.05, 3.63) is 12.7 Å². The smallest absolute Gasteiger partial charge is 0.307 e. The molecule has 0 aromatic carbocycles. The molecule has 2 aromatic heterocycles. The average Bonchev–Trinajstić information content (AvgIpc) is 3.02. The first kappa shape index (κ1) is 12.9. The number of rotatable bonds is 3. The minimum absolute atomic E-state index is 0.107. The Hall–Kier alpha value is -2.13.